The van der Waals surface area contributed by atoms with Crippen molar-refractivity contribution >= 4 is 5.97 Å². The topological polar surface area (TPSA) is 39.3 Å². The molecule has 204 valence electrons. The Morgan fingerprint density at radius 3 is 1.71 bits per heavy atom. The maximum atomic E-state index is 12.4. The third-order valence-corrected chi connectivity index (χ3v) is 8.99. The number of carbonyl (C=O) groups is 1. The first-order valence-electron chi connectivity index (χ1n) is 14.5. The molecule has 0 saturated carbocycles. The van der Waals surface area contributed by atoms with Gasteiger partial charge in [0.05, 0.1) is 12.7 Å². The molecule has 4 saturated heterocycles. The van der Waals surface area contributed by atoms with Gasteiger partial charge in [0.1, 0.15) is 5.60 Å². The van der Waals surface area contributed by atoms with E-state index in [4.69, 9.17) is 4.74 Å². The van der Waals surface area contributed by atoms with Crippen LogP contribution in [0.2, 0.25) is 0 Å². The number of nitrogens with zero attached hydrogens (tertiary/aromatic N) is 4. The SMILES string of the molecule is CC(C)(C)OC(=O)CN1C[C@@H]2CN([C@H](c3ccccc3)N3C[C@H]4CN(Cc5ccccc5)C[C@H]4C3)C[C@@H]2C1. The minimum atomic E-state index is -0.418. The molecule has 2 aromatic carbocycles. The average molecular weight is 517 g/mol. The van der Waals surface area contributed by atoms with Gasteiger partial charge in [0.25, 0.3) is 0 Å². The molecule has 6 heteroatoms. The second kappa shape index (κ2) is 10.7. The quantitative estimate of drug-likeness (QED) is 0.519. The summed E-state index contributed by atoms with van der Waals surface area (Å²) in [5.74, 6) is 2.69. The lowest BCUT2D eigenvalue weighted by Gasteiger charge is -2.37. The van der Waals surface area contributed by atoms with Crippen molar-refractivity contribution in [1.29, 1.82) is 0 Å². The molecule has 0 aromatic heterocycles. The van der Waals surface area contributed by atoms with Gasteiger partial charge >= 0.3 is 5.97 Å². The summed E-state index contributed by atoms with van der Waals surface area (Å²) in [6, 6.07) is 22.1. The van der Waals surface area contributed by atoms with Gasteiger partial charge in [-0.1, -0.05) is 60.7 Å². The molecule has 0 aliphatic carbocycles. The van der Waals surface area contributed by atoms with Crippen LogP contribution in [0.4, 0.5) is 0 Å². The molecule has 4 heterocycles. The Hall–Kier alpha value is -2.25. The number of hydrogen-bond donors (Lipinski definition) is 0. The van der Waals surface area contributed by atoms with Crippen molar-refractivity contribution in [3.63, 3.8) is 0 Å². The molecule has 4 aliphatic heterocycles. The van der Waals surface area contributed by atoms with Crippen molar-refractivity contribution in [3.05, 3.63) is 71.8 Å². The van der Waals surface area contributed by atoms with Crippen LogP contribution in [-0.4, -0.2) is 90.1 Å². The van der Waals surface area contributed by atoms with Crippen molar-refractivity contribution in [1.82, 2.24) is 19.6 Å². The van der Waals surface area contributed by atoms with E-state index in [-0.39, 0.29) is 5.97 Å². The Kier molecular flexibility index (Phi) is 7.34. The summed E-state index contributed by atoms with van der Waals surface area (Å²) in [5.41, 5.74) is 2.44. The predicted octanol–water partition coefficient (Wildman–Crippen LogP) is 3.95. The molecular weight excluding hydrogens is 472 g/mol. The number of rotatable bonds is 7. The largest absolute Gasteiger partial charge is 0.459 e. The lowest BCUT2D eigenvalue weighted by molar-refractivity contribution is -0.155. The summed E-state index contributed by atoms with van der Waals surface area (Å²) in [6.45, 7) is 16.3. The maximum Gasteiger partial charge on any atom is 0.320 e. The molecule has 0 radical (unpaired) electrons. The average Bonchev–Trinajstić information content (AvgIpc) is 3.60. The molecule has 6 rings (SSSR count). The fraction of sp³-hybridized carbons (Fsp3) is 0.594. The van der Waals surface area contributed by atoms with Crippen LogP contribution in [0.15, 0.2) is 60.7 Å². The molecule has 0 amide bonds. The van der Waals surface area contributed by atoms with Gasteiger partial charge in [0, 0.05) is 58.9 Å². The summed E-state index contributed by atoms with van der Waals surface area (Å²) >= 11 is 0. The third-order valence-electron chi connectivity index (χ3n) is 8.99. The number of likely N-dealkylation sites (tertiary alicyclic amines) is 4. The summed E-state index contributed by atoms with van der Waals surface area (Å²) in [6.07, 6.45) is 0.356. The van der Waals surface area contributed by atoms with Gasteiger partial charge in [-0.25, -0.2) is 0 Å². The molecule has 6 nitrogen and oxygen atoms in total. The lowest BCUT2D eigenvalue weighted by Crippen LogP contribution is -2.42. The smallest absolute Gasteiger partial charge is 0.320 e. The first-order valence-corrected chi connectivity index (χ1v) is 14.5. The third kappa shape index (κ3) is 5.84. The standard InChI is InChI=1S/C32H44N4O2/c1-32(2,3)38-30(37)23-34-17-28-21-36(22-29(28)18-34)31(25-12-8-5-9-13-25)35-19-26-15-33(16-27(26)20-35)14-24-10-6-4-7-11-24/h4-13,26-29,31H,14-23H2,1-3H3/t26-,27+,28-,29+,31-/m1/s1. The van der Waals surface area contributed by atoms with Crippen LogP contribution in [0.25, 0.3) is 0 Å². The van der Waals surface area contributed by atoms with Gasteiger partial charge < -0.3 is 4.74 Å². The van der Waals surface area contributed by atoms with Crippen molar-refractivity contribution in [2.24, 2.45) is 23.7 Å². The highest BCUT2D eigenvalue weighted by atomic mass is 16.6. The Morgan fingerprint density at radius 1 is 0.737 bits per heavy atom. The monoisotopic (exact) mass is 516 g/mol. The zero-order valence-corrected chi connectivity index (χ0v) is 23.3. The molecular formula is C32H44N4O2. The molecule has 0 bridgehead atoms. The Labute approximate surface area is 228 Å². The minimum absolute atomic E-state index is 0.0959. The second-order valence-corrected chi connectivity index (χ2v) is 13.2. The van der Waals surface area contributed by atoms with E-state index < -0.39 is 5.60 Å². The fourth-order valence-corrected chi connectivity index (χ4v) is 7.59. The Morgan fingerprint density at radius 2 is 1.21 bits per heavy atom. The first kappa shape index (κ1) is 26.0. The van der Waals surface area contributed by atoms with Crippen LogP contribution < -0.4 is 0 Å². The van der Waals surface area contributed by atoms with Gasteiger partial charge in [-0.2, -0.15) is 0 Å². The van der Waals surface area contributed by atoms with Crippen LogP contribution in [0.5, 0.6) is 0 Å². The van der Waals surface area contributed by atoms with Gasteiger partial charge in [-0.3, -0.25) is 24.4 Å². The molecule has 0 N–H and O–H groups in total. The number of esters is 1. The van der Waals surface area contributed by atoms with E-state index in [9.17, 15) is 4.79 Å². The fourth-order valence-electron chi connectivity index (χ4n) is 7.59. The van der Waals surface area contributed by atoms with Crippen molar-refractivity contribution in [3.8, 4) is 0 Å². The molecule has 0 unspecified atom stereocenters. The molecule has 4 aliphatic rings. The normalized spacial score (nSPS) is 29.4. The highest BCUT2D eigenvalue weighted by Crippen LogP contribution is 2.41. The highest BCUT2D eigenvalue weighted by molar-refractivity contribution is 5.72. The lowest BCUT2D eigenvalue weighted by atomic mass is 10.0. The molecule has 2 aromatic rings. The van der Waals surface area contributed by atoms with Crippen LogP contribution in [0, 0.1) is 23.7 Å². The maximum absolute atomic E-state index is 12.4. The summed E-state index contributed by atoms with van der Waals surface area (Å²) in [4.78, 5) is 22.9. The van der Waals surface area contributed by atoms with Crippen LogP contribution >= 0.6 is 0 Å². The van der Waals surface area contributed by atoms with E-state index in [0.29, 0.717) is 24.5 Å². The summed E-state index contributed by atoms with van der Waals surface area (Å²) < 4.78 is 5.58. The van der Waals surface area contributed by atoms with Crippen LogP contribution in [-0.2, 0) is 16.1 Å². The van der Waals surface area contributed by atoms with Crippen molar-refractivity contribution < 1.29 is 9.53 Å². The van der Waals surface area contributed by atoms with Crippen LogP contribution in [0.1, 0.15) is 38.1 Å². The van der Waals surface area contributed by atoms with Crippen LogP contribution in [0.3, 0.4) is 0 Å². The van der Waals surface area contributed by atoms with E-state index in [1.54, 1.807) is 0 Å². The number of ether oxygens (including phenoxy) is 1. The van der Waals surface area contributed by atoms with E-state index >= 15 is 0 Å². The number of fused-ring (bicyclic) bond motifs is 2. The van der Waals surface area contributed by atoms with E-state index in [1.165, 1.54) is 37.3 Å². The van der Waals surface area contributed by atoms with Crippen molar-refractivity contribution in [2.45, 2.75) is 39.1 Å². The van der Waals surface area contributed by atoms with Gasteiger partial charge in [0.2, 0.25) is 0 Å². The van der Waals surface area contributed by atoms with Gasteiger partial charge in [-0.15, -0.1) is 0 Å². The molecule has 4 fully saturated rings. The second-order valence-electron chi connectivity index (χ2n) is 13.2. The van der Waals surface area contributed by atoms with E-state index in [1.807, 2.05) is 20.8 Å². The van der Waals surface area contributed by atoms with Gasteiger partial charge in [0.15, 0.2) is 0 Å². The molecule has 0 spiro atoms. The zero-order chi connectivity index (χ0) is 26.3. The van der Waals surface area contributed by atoms with E-state index in [0.717, 1.165) is 44.6 Å². The Bertz CT molecular complexity index is 1060. The Balaban J connectivity index is 1.08. The highest BCUT2D eigenvalue weighted by Gasteiger charge is 2.47. The minimum Gasteiger partial charge on any atom is -0.459 e. The molecule has 5 atom stereocenters. The first-order chi connectivity index (χ1) is 18.3. The van der Waals surface area contributed by atoms with E-state index in [2.05, 4.69) is 80.3 Å². The number of carbonyl (C=O) groups excluding carboxylic acids is 1. The van der Waals surface area contributed by atoms with Gasteiger partial charge in [-0.05, 0) is 55.6 Å². The summed E-state index contributed by atoms with van der Waals surface area (Å²) in [7, 11) is 0. The zero-order valence-electron chi connectivity index (χ0n) is 23.3. The predicted molar refractivity (Wildman–Crippen MR) is 150 cm³/mol. The van der Waals surface area contributed by atoms with Crippen molar-refractivity contribution in [2.75, 3.05) is 58.9 Å². The number of benzene rings is 2. The summed E-state index contributed by atoms with van der Waals surface area (Å²) in [5, 5.41) is 0. The number of hydrogen-bond acceptors (Lipinski definition) is 6. The molecule has 38 heavy (non-hydrogen) atoms.